The molecule has 36 heavy (non-hydrogen) atoms. The van der Waals surface area contributed by atoms with Gasteiger partial charge >= 0.3 is 0 Å². The van der Waals surface area contributed by atoms with Crippen LogP contribution in [-0.4, -0.2) is 4.98 Å². The highest BCUT2D eigenvalue weighted by Crippen LogP contribution is 2.41. The maximum absolute atomic E-state index is 6.74. The molecule has 2 heterocycles. The van der Waals surface area contributed by atoms with Crippen molar-refractivity contribution in [3.05, 3.63) is 120 Å². The molecule has 1 N–H and O–H groups in total. The molecule has 2 heteroatoms. The van der Waals surface area contributed by atoms with Crippen molar-refractivity contribution in [2.45, 2.75) is 12.8 Å². The number of hydrogen-bond acceptors (Lipinski definition) is 1. The van der Waals surface area contributed by atoms with E-state index in [9.17, 15) is 0 Å². The van der Waals surface area contributed by atoms with Crippen LogP contribution in [0.2, 0.25) is 0 Å². The van der Waals surface area contributed by atoms with Gasteiger partial charge in [0.2, 0.25) is 0 Å². The Bertz CT molecular complexity index is 2000. The van der Waals surface area contributed by atoms with Gasteiger partial charge in [-0.15, -0.1) is 0 Å². The molecular weight excluding hydrogens is 438 g/mol. The Labute approximate surface area is 208 Å². The summed E-state index contributed by atoms with van der Waals surface area (Å²) in [5, 5.41) is 4.83. The number of aromatic nitrogens is 1. The van der Waals surface area contributed by atoms with E-state index in [0.29, 0.717) is 0 Å². The van der Waals surface area contributed by atoms with Crippen molar-refractivity contribution in [3.8, 4) is 11.1 Å². The molecule has 0 spiro atoms. The normalized spacial score (nSPS) is 13.5. The van der Waals surface area contributed by atoms with Gasteiger partial charge in [0, 0.05) is 43.7 Å². The molecule has 1 aliphatic carbocycles. The number of aryl methyl sites for hydroxylation is 1. The van der Waals surface area contributed by atoms with Gasteiger partial charge in [0.15, 0.2) is 0 Å². The van der Waals surface area contributed by atoms with E-state index < -0.39 is 0 Å². The highest BCUT2D eigenvalue weighted by atomic mass is 16.3. The fraction of sp³-hybridized carbons (Fsp3) is 0.0588. The van der Waals surface area contributed by atoms with Crippen molar-refractivity contribution in [3.63, 3.8) is 0 Å². The molecular formula is C34H23NO. The van der Waals surface area contributed by atoms with E-state index in [2.05, 4.69) is 114 Å². The molecule has 5 aromatic carbocycles. The molecule has 0 fully saturated rings. The fourth-order valence-corrected chi connectivity index (χ4v) is 5.96. The third kappa shape index (κ3) is 2.85. The number of hydrogen-bond donors (Lipinski definition) is 1. The van der Waals surface area contributed by atoms with Gasteiger partial charge in [-0.1, -0.05) is 91.0 Å². The third-order valence-corrected chi connectivity index (χ3v) is 7.74. The summed E-state index contributed by atoms with van der Waals surface area (Å²) >= 11 is 0. The molecule has 7 aromatic rings. The zero-order valence-corrected chi connectivity index (χ0v) is 19.7. The van der Waals surface area contributed by atoms with Crippen LogP contribution in [0.4, 0.5) is 0 Å². The quantitative estimate of drug-likeness (QED) is 0.273. The summed E-state index contributed by atoms with van der Waals surface area (Å²) < 4.78 is 6.74. The lowest BCUT2D eigenvalue weighted by Gasteiger charge is -2.16. The molecule has 0 amide bonds. The second-order valence-electron chi connectivity index (χ2n) is 9.77. The monoisotopic (exact) mass is 461 g/mol. The smallest absolute Gasteiger partial charge is 0.143 e. The Morgan fingerprint density at radius 2 is 1.28 bits per heavy atom. The number of allylic oxidation sites excluding steroid dienone is 1. The minimum Gasteiger partial charge on any atom is -0.455 e. The van der Waals surface area contributed by atoms with Gasteiger partial charge in [-0.05, 0) is 53.3 Å². The zero-order chi connectivity index (χ0) is 23.6. The van der Waals surface area contributed by atoms with Crippen LogP contribution in [0.3, 0.4) is 0 Å². The summed E-state index contributed by atoms with van der Waals surface area (Å²) in [6.07, 6.45) is 4.43. The number of nitrogens with one attached hydrogen (secondary N) is 1. The Hall–Kier alpha value is -4.56. The first-order chi connectivity index (χ1) is 17.8. The Balaban J connectivity index is 1.34. The number of rotatable bonds is 2. The summed E-state index contributed by atoms with van der Waals surface area (Å²) in [6.45, 7) is 0. The standard InChI is InChI=1S/C34H23NO/c1-2-8-22-19-23(16-15-21(22)7-1)25-10-5-12-28-29-13-6-11-26(34(29)36-33(25)28)24-17-18-32-30(20-24)27-9-3-4-14-31(27)35-32/h1-14,17-20,35H,15-16H2. The van der Waals surface area contributed by atoms with Crippen molar-refractivity contribution in [2.75, 3.05) is 0 Å². The molecule has 0 unspecified atom stereocenters. The fourth-order valence-electron chi connectivity index (χ4n) is 5.96. The van der Waals surface area contributed by atoms with Crippen molar-refractivity contribution in [1.29, 1.82) is 0 Å². The first-order valence-corrected chi connectivity index (χ1v) is 12.6. The maximum Gasteiger partial charge on any atom is 0.143 e. The first-order valence-electron chi connectivity index (χ1n) is 12.6. The lowest BCUT2D eigenvalue weighted by molar-refractivity contribution is 0.668. The van der Waals surface area contributed by atoms with E-state index in [4.69, 9.17) is 4.42 Å². The van der Waals surface area contributed by atoms with Gasteiger partial charge in [-0.25, -0.2) is 0 Å². The lowest BCUT2D eigenvalue weighted by atomic mass is 9.88. The van der Waals surface area contributed by atoms with Crippen LogP contribution >= 0.6 is 0 Å². The largest absolute Gasteiger partial charge is 0.455 e. The molecule has 2 aromatic heterocycles. The Morgan fingerprint density at radius 3 is 2.19 bits per heavy atom. The second-order valence-corrected chi connectivity index (χ2v) is 9.77. The highest BCUT2D eigenvalue weighted by Gasteiger charge is 2.19. The summed E-state index contributed by atoms with van der Waals surface area (Å²) in [7, 11) is 0. The highest BCUT2D eigenvalue weighted by molar-refractivity contribution is 6.14. The van der Waals surface area contributed by atoms with E-state index >= 15 is 0 Å². The first kappa shape index (κ1) is 19.7. The maximum atomic E-state index is 6.74. The van der Waals surface area contributed by atoms with Crippen molar-refractivity contribution >= 4 is 55.4 Å². The van der Waals surface area contributed by atoms with Gasteiger partial charge in [0.1, 0.15) is 11.2 Å². The number of fused-ring (bicyclic) bond motifs is 7. The lowest BCUT2D eigenvalue weighted by Crippen LogP contribution is -1.98. The van der Waals surface area contributed by atoms with Gasteiger partial charge < -0.3 is 9.40 Å². The van der Waals surface area contributed by atoms with Crippen LogP contribution in [0, 0.1) is 0 Å². The third-order valence-electron chi connectivity index (χ3n) is 7.74. The molecule has 0 radical (unpaired) electrons. The summed E-state index contributed by atoms with van der Waals surface area (Å²) in [5.74, 6) is 0. The topological polar surface area (TPSA) is 28.9 Å². The van der Waals surface area contributed by atoms with E-state index in [-0.39, 0.29) is 0 Å². The second kappa shape index (κ2) is 7.47. The van der Waals surface area contributed by atoms with Crippen LogP contribution in [0.5, 0.6) is 0 Å². The summed E-state index contributed by atoms with van der Waals surface area (Å²) in [5.41, 5.74) is 11.9. The molecule has 0 bridgehead atoms. The molecule has 0 aliphatic heterocycles. The molecule has 0 atom stereocenters. The summed E-state index contributed by atoms with van der Waals surface area (Å²) in [6, 6.07) is 36.9. The molecule has 1 aliphatic rings. The molecule has 8 rings (SSSR count). The van der Waals surface area contributed by atoms with Crippen LogP contribution in [0.15, 0.2) is 108 Å². The zero-order valence-electron chi connectivity index (χ0n) is 19.7. The van der Waals surface area contributed by atoms with E-state index in [0.717, 1.165) is 35.1 Å². The number of H-pyrrole nitrogens is 1. The van der Waals surface area contributed by atoms with Crippen LogP contribution in [-0.2, 0) is 6.42 Å². The number of para-hydroxylation sites is 3. The number of furan rings is 1. The molecule has 2 nitrogen and oxygen atoms in total. The van der Waals surface area contributed by atoms with Crippen molar-refractivity contribution < 1.29 is 4.42 Å². The summed E-state index contributed by atoms with van der Waals surface area (Å²) in [4.78, 5) is 3.54. The minimum atomic E-state index is 0.955. The van der Waals surface area contributed by atoms with E-state index in [1.54, 1.807) is 0 Å². The average molecular weight is 462 g/mol. The number of benzene rings is 5. The van der Waals surface area contributed by atoms with Gasteiger partial charge in [0.05, 0.1) is 0 Å². The van der Waals surface area contributed by atoms with Gasteiger partial charge in [0.25, 0.3) is 0 Å². The molecule has 0 saturated carbocycles. The van der Waals surface area contributed by atoms with Crippen LogP contribution < -0.4 is 0 Å². The minimum absolute atomic E-state index is 0.955. The molecule has 170 valence electrons. The van der Waals surface area contributed by atoms with Crippen molar-refractivity contribution in [2.24, 2.45) is 0 Å². The SMILES string of the molecule is C1=C(c2cccc3c2oc2c(-c4ccc5[nH]c6ccccc6c5c4)cccc23)CCc2ccccc21. The number of aromatic amines is 1. The van der Waals surface area contributed by atoms with Gasteiger partial charge in [-0.2, -0.15) is 0 Å². The predicted molar refractivity (Wildman–Crippen MR) is 151 cm³/mol. The average Bonchev–Trinajstić information content (AvgIpc) is 3.51. The molecule has 0 saturated heterocycles. The van der Waals surface area contributed by atoms with Crippen molar-refractivity contribution in [1.82, 2.24) is 4.98 Å². The van der Waals surface area contributed by atoms with E-state index in [1.807, 2.05) is 0 Å². The Morgan fingerprint density at radius 1 is 0.556 bits per heavy atom. The van der Waals surface area contributed by atoms with Crippen LogP contribution in [0.25, 0.3) is 66.5 Å². The van der Waals surface area contributed by atoms with Crippen LogP contribution in [0.1, 0.15) is 23.1 Å². The predicted octanol–water partition coefficient (Wildman–Crippen LogP) is 9.37. The van der Waals surface area contributed by atoms with Gasteiger partial charge in [-0.3, -0.25) is 0 Å². The Kier molecular flexibility index (Phi) is 4.09. The van der Waals surface area contributed by atoms with E-state index in [1.165, 1.54) is 54.9 Å².